The summed E-state index contributed by atoms with van der Waals surface area (Å²) in [6.07, 6.45) is 2.04. The van der Waals surface area contributed by atoms with Crippen LogP contribution in [0.15, 0.2) is 0 Å². The van der Waals surface area contributed by atoms with E-state index in [1.165, 1.54) is 0 Å². The molecule has 0 spiro atoms. The van der Waals surface area contributed by atoms with Gasteiger partial charge in [-0.05, 0) is 26.7 Å². The van der Waals surface area contributed by atoms with E-state index in [2.05, 4.69) is 18.7 Å². The molecule has 2 aliphatic heterocycles. The molecule has 108 valence electrons. The predicted octanol–water partition coefficient (Wildman–Crippen LogP) is 0.0821. The Morgan fingerprint density at radius 2 is 1.89 bits per heavy atom. The molecule has 2 saturated heterocycles. The minimum atomic E-state index is -0.440. The normalized spacial score (nSPS) is 22.6. The van der Waals surface area contributed by atoms with Gasteiger partial charge < -0.3 is 20.4 Å². The Morgan fingerprint density at radius 1 is 1.26 bits per heavy atom. The summed E-state index contributed by atoms with van der Waals surface area (Å²) in [4.78, 5) is 29.0. The van der Waals surface area contributed by atoms with Gasteiger partial charge in [0, 0.05) is 38.3 Å². The van der Waals surface area contributed by atoms with E-state index in [4.69, 9.17) is 5.73 Å². The van der Waals surface area contributed by atoms with Gasteiger partial charge in [-0.3, -0.25) is 4.79 Å². The molecule has 2 fully saturated rings. The van der Waals surface area contributed by atoms with E-state index >= 15 is 0 Å². The van der Waals surface area contributed by atoms with E-state index in [0.29, 0.717) is 18.6 Å². The van der Waals surface area contributed by atoms with Gasteiger partial charge in [-0.25, -0.2) is 4.79 Å². The first-order valence-corrected chi connectivity index (χ1v) is 7.07. The van der Waals surface area contributed by atoms with E-state index < -0.39 is 5.91 Å². The molecule has 0 radical (unpaired) electrons. The number of nitrogens with zero attached hydrogens (tertiary/aromatic N) is 3. The van der Waals surface area contributed by atoms with Crippen LogP contribution in [0.1, 0.15) is 26.7 Å². The van der Waals surface area contributed by atoms with Gasteiger partial charge in [-0.1, -0.05) is 0 Å². The molecule has 0 aromatic carbocycles. The molecule has 2 heterocycles. The van der Waals surface area contributed by atoms with Gasteiger partial charge >= 0.3 is 6.03 Å². The summed E-state index contributed by atoms with van der Waals surface area (Å²) < 4.78 is 0. The average Bonchev–Trinajstić information content (AvgIpc) is 2.70. The van der Waals surface area contributed by atoms with Crippen LogP contribution in [-0.2, 0) is 4.79 Å². The lowest BCUT2D eigenvalue weighted by molar-refractivity contribution is -0.118. The minimum Gasteiger partial charge on any atom is -0.368 e. The van der Waals surface area contributed by atoms with Gasteiger partial charge in [-0.15, -0.1) is 0 Å². The first-order valence-electron chi connectivity index (χ1n) is 7.07. The molecule has 0 saturated carbocycles. The summed E-state index contributed by atoms with van der Waals surface area (Å²) in [5, 5.41) is 0. The third kappa shape index (κ3) is 3.18. The number of carbonyl (C=O) groups is 2. The van der Waals surface area contributed by atoms with Crippen LogP contribution in [0.4, 0.5) is 4.79 Å². The molecule has 3 amide bonds. The Hall–Kier alpha value is -1.30. The molecule has 0 atom stereocenters. The Kier molecular flexibility index (Phi) is 4.29. The lowest BCUT2D eigenvalue weighted by Gasteiger charge is -2.38. The van der Waals surface area contributed by atoms with Crippen molar-refractivity contribution in [1.82, 2.24) is 14.7 Å². The maximum Gasteiger partial charge on any atom is 0.320 e. The summed E-state index contributed by atoms with van der Waals surface area (Å²) in [6, 6.07) is 0.865. The molecule has 2 aliphatic rings. The maximum atomic E-state index is 12.2. The zero-order chi connectivity index (χ0) is 14.0. The topological polar surface area (TPSA) is 69.9 Å². The van der Waals surface area contributed by atoms with Crippen LogP contribution in [0.5, 0.6) is 0 Å². The van der Waals surface area contributed by atoms with Crippen molar-refractivity contribution in [2.75, 3.05) is 32.7 Å². The number of likely N-dealkylation sites (tertiary alicyclic amines) is 1. The fraction of sp³-hybridized carbons (Fsp3) is 0.846. The molecular formula is C13H24N4O2. The third-order valence-corrected chi connectivity index (χ3v) is 4.14. The number of urea groups is 1. The summed E-state index contributed by atoms with van der Waals surface area (Å²) in [5.41, 5.74) is 5.15. The third-order valence-electron chi connectivity index (χ3n) is 4.14. The van der Waals surface area contributed by atoms with Crippen LogP contribution in [0, 0.1) is 0 Å². The van der Waals surface area contributed by atoms with E-state index in [-0.39, 0.29) is 12.6 Å². The molecule has 0 aliphatic carbocycles. The first kappa shape index (κ1) is 14.1. The van der Waals surface area contributed by atoms with Crippen molar-refractivity contribution < 1.29 is 9.59 Å². The van der Waals surface area contributed by atoms with Crippen molar-refractivity contribution >= 4 is 11.9 Å². The Labute approximate surface area is 114 Å². The Balaban J connectivity index is 1.87. The summed E-state index contributed by atoms with van der Waals surface area (Å²) in [5.74, 6) is -0.440. The number of nitrogens with two attached hydrogens (primary N) is 1. The van der Waals surface area contributed by atoms with Gasteiger partial charge in [0.15, 0.2) is 0 Å². The number of hydrogen-bond acceptors (Lipinski definition) is 3. The Bertz CT molecular complexity index is 351. The van der Waals surface area contributed by atoms with Crippen molar-refractivity contribution in [2.24, 2.45) is 5.73 Å². The lowest BCUT2D eigenvalue weighted by Crippen LogP contribution is -2.48. The second kappa shape index (κ2) is 5.77. The molecule has 6 nitrogen and oxygen atoms in total. The number of piperidine rings is 1. The SMILES string of the molecule is CC(C)N1CCC(N2CCN(CC(N)=O)C2=O)CC1. The summed E-state index contributed by atoms with van der Waals surface area (Å²) >= 11 is 0. The fourth-order valence-electron chi connectivity index (χ4n) is 2.99. The molecule has 2 rings (SSSR count). The molecule has 6 heteroatoms. The van der Waals surface area contributed by atoms with Crippen molar-refractivity contribution in [3.8, 4) is 0 Å². The lowest BCUT2D eigenvalue weighted by atomic mass is 10.0. The van der Waals surface area contributed by atoms with Gasteiger partial charge in [0.25, 0.3) is 0 Å². The number of carbonyl (C=O) groups excluding carboxylic acids is 2. The van der Waals surface area contributed by atoms with Crippen LogP contribution in [0.3, 0.4) is 0 Å². The van der Waals surface area contributed by atoms with Crippen LogP contribution >= 0.6 is 0 Å². The monoisotopic (exact) mass is 268 g/mol. The number of amides is 3. The van der Waals surface area contributed by atoms with Crippen LogP contribution < -0.4 is 5.73 Å². The summed E-state index contributed by atoms with van der Waals surface area (Å²) in [6.45, 7) is 7.88. The molecular weight excluding hydrogens is 244 g/mol. The largest absolute Gasteiger partial charge is 0.368 e. The van der Waals surface area contributed by atoms with E-state index in [1.54, 1.807) is 4.90 Å². The highest BCUT2D eigenvalue weighted by molar-refractivity contribution is 5.84. The average molecular weight is 268 g/mol. The molecule has 0 aromatic rings. The zero-order valence-corrected chi connectivity index (χ0v) is 11.8. The molecule has 0 unspecified atom stereocenters. The standard InChI is InChI=1S/C13H24N4O2/c1-10(2)15-5-3-11(4-6-15)17-8-7-16(13(17)19)9-12(14)18/h10-11H,3-9H2,1-2H3,(H2,14,18). The van der Waals surface area contributed by atoms with Crippen LogP contribution in [-0.4, -0.2) is 71.4 Å². The molecule has 2 N–H and O–H groups in total. The zero-order valence-electron chi connectivity index (χ0n) is 11.8. The van der Waals surface area contributed by atoms with Crippen molar-refractivity contribution in [1.29, 1.82) is 0 Å². The molecule has 19 heavy (non-hydrogen) atoms. The fourth-order valence-corrected chi connectivity index (χ4v) is 2.99. The van der Waals surface area contributed by atoms with E-state index in [9.17, 15) is 9.59 Å². The van der Waals surface area contributed by atoms with Crippen LogP contribution in [0.2, 0.25) is 0 Å². The van der Waals surface area contributed by atoms with Gasteiger partial charge in [0.2, 0.25) is 5.91 Å². The second-order valence-corrected chi connectivity index (χ2v) is 5.72. The molecule has 0 bridgehead atoms. The summed E-state index contributed by atoms with van der Waals surface area (Å²) in [7, 11) is 0. The molecule has 0 aromatic heterocycles. The highest BCUT2D eigenvalue weighted by atomic mass is 16.2. The minimum absolute atomic E-state index is 0.0261. The van der Waals surface area contributed by atoms with Gasteiger partial charge in [0.05, 0.1) is 0 Å². The van der Waals surface area contributed by atoms with Crippen molar-refractivity contribution in [3.05, 3.63) is 0 Å². The number of primary amides is 1. The van der Waals surface area contributed by atoms with Crippen molar-refractivity contribution in [2.45, 2.75) is 38.8 Å². The smallest absolute Gasteiger partial charge is 0.320 e. The van der Waals surface area contributed by atoms with Gasteiger partial charge in [-0.2, -0.15) is 0 Å². The second-order valence-electron chi connectivity index (χ2n) is 5.72. The van der Waals surface area contributed by atoms with E-state index in [0.717, 1.165) is 32.5 Å². The number of hydrogen-bond donors (Lipinski definition) is 1. The maximum absolute atomic E-state index is 12.2. The van der Waals surface area contributed by atoms with E-state index in [1.807, 2.05) is 4.90 Å². The quantitative estimate of drug-likeness (QED) is 0.785. The van der Waals surface area contributed by atoms with Crippen LogP contribution in [0.25, 0.3) is 0 Å². The Morgan fingerprint density at radius 3 is 2.42 bits per heavy atom. The predicted molar refractivity (Wildman–Crippen MR) is 72.6 cm³/mol. The van der Waals surface area contributed by atoms with Gasteiger partial charge in [0.1, 0.15) is 6.54 Å². The van der Waals surface area contributed by atoms with Crippen molar-refractivity contribution in [3.63, 3.8) is 0 Å². The highest BCUT2D eigenvalue weighted by Gasteiger charge is 2.35. The first-order chi connectivity index (χ1) is 8.99. The number of rotatable bonds is 4. The highest BCUT2D eigenvalue weighted by Crippen LogP contribution is 2.22.